The average Bonchev–Trinajstić information content (AvgIpc) is 2.14. The molecule has 0 aliphatic carbocycles. The van der Waals surface area contributed by atoms with Crippen LogP contribution < -0.4 is 0 Å². The standard InChI is InChI=1S/C5H9NO/c1-7-5-3-2-4-6-5/h4-5H,2-3H2,1H3/t5-/m0/s1. The second-order valence-corrected chi connectivity index (χ2v) is 1.60. The third-order valence-electron chi connectivity index (χ3n) is 1.09. The van der Waals surface area contributed by atoms with Gasteiger partial charge in [0.05, 0.1) is 0 Å². The SMILES string of the molecule is CO[C@H]1CCC=N1. The molecule has 0 aromatic carbocycles. The quantitative estimate of drug-likeness (QED) is 0.477. The Morgan fingerprint density at radius 3 is 3.00 bits per heavy atom. The maximum absolute atomic E-state index is 4.91. The normalized spacial score (nSPS) is 29.0. The van der Waals surface area contributed by atoms with E-state index in [1.807, 2.05) is 6.21 Å². The highest BCUT2D eigenvalue weighted by Crippen LogP contribution is 2.06. The summed E-state index contributed by atoms with van der Waals surface area (Å²) < 4.78 is 4.91. The lowest BCUT2D eigenvalue weighted by atomic mass is 10.4. The molecule has 0 N–H and O–H groups in total. The van der Waals surface area contributed by atoms with Gasteiger partial charge in [0.25, 0.3) is 0 Å². The average molecular weight is 99.1 g/mol. The van der Waals surface area contributed by atoms with Gasteiger partial charge in [0, 0.05) is 13.3 Å². The Hall–Kier alpha value is -0.370. The van der Waals surface area contributed by atoms with Crippen LogP contribution in [0.15, 0.2) is 4.99 Å². The molecule has 0 bridgehead atoms. The number of rotatable bonds is 1. The predicted molar refractivity (Wildman–Crippen MR) is 28.5 cm³/mol. The van der Waals surface area contributed by atoms with Gasteiger partial charge in [-0.2, -0.15) is 0 Å². The molecule has 0 saturated carbocycles. The van der Waals surface area contributed by atoms with Crippen molar-refractivity contribution in [2.75, 3.05) is 7.11 Å². The van der Waals surface area contributed by atoms with Crippen LogP contribution in [-0.4, -0.2) is 19.6 Å². The molecular weight excluding hydrogens is 90.1 g/mol. The molecule has 1 atom stereocenters. The van der Waals surface area contributed by atoms with Gasteiger partial charge in [-0.25, -0.2) is 0 Å². The highest BCUT2D eigenvalue weighted by atomic mass is 16.5. The summed E-state index contributed by atoms with van der Waals surface area (Å²) in [5, 5.41) is 0. The van der Waals surface area contributed by atoms with Gasteiger partial charge in [-0.05, 0) is 12.8 Å². The number of nitrogens with zero attached hydrogens (tertiary/aromatic N) is 1. The molecule has 0 radical (unpaired) electrons. The largest absolute Gasteiger partial charge is 0.360 e. The van der Waals surface area contributed by atoms with Gasteiger partial charge >= 0.3 is 0 Å². The van der Waals surface area contributed by atoms with Crippen molar-refractivity contribution in [1.82, 2.24) is 0 Å². The lowest BCUT2D eigenvalue weighted by Crippen LogP contribution is -1.99. The van der Waals surface area contributed by atoms with Crippen LogP contribution in [0, 0.1) is 0 Å². The van der Waals surface area contributed by atoms with Crippen LogP contribution in [0.2, 0.25) is 0 Å². The first-order valence-corrected chi connectivity index (χ1v) is 2.48. The first-order chi connectivity index (χ1) is 3.43. The molecule has 0 aromatic heterocycles. The summed E-state index contributed by atoms with van der Waals surface area (Å²) in [4.78, 5) is 4.01. The van der Waals surface area contributed by atoms with Crippen LogP contribution in [-0.2, 0) is 4.74 Å². The summed E-state index contributed by atoms with van der Waals surface area (Å²) in [6, 6.07) is 0. The first-order valence-electron chi connectivity index (χ1n) is 2.48. The highest BCUT2D eigenvalue weighted by Gasteiger charge is 2.06. The van der Waals surface area contributed by atoms with Gasteiger partial charge in [-0.3, -0.25) is 4.99 Å². The van der Waals surface area contributed by atoms with E-state index in [0.29, 0.717) is 0 Å². The Bertz CT molecular complexity index is 80.1. The van der Waals surface area contributed by atoms with Gasteiger partial charge in [-0.1, -0.05) is 0 Å². The van der Waals surface area contributed by atoms with E-state index in [1.165, 1.54) is 0 Å². The lowest BCUT2D eigenvalue weighted by Gasteiger charge is -1.99. The summed E-state index contributed by atoms with van der Waals surface area (Å²) >= 11 is 0. The summed E-state index contributed by atoms with van der Waals surface area (Å²) in [7, 11) is 1.69. The van der Waals surface area contributed by atoms with E-state index < -0.39 is 0 Å². The Morgan fingerprint density at radius 1 is 1.86 bits per heavy atom. The molecule has 1 aliphatic rings. The molecule has 2 nitrogen and oxygen atoms in total. The predicted octanol–water partition coefficient (Wildman–Crippen LogP) is 0.824. The monoisotopic (exact) mass is 99.1 g/mol. The van der Waals surface area contributed by atoms with Crippen molar-refractivity contribution in [1.29, 1.82) is 0 Å². The Morgan fingerprint density at radius 2 is 2.71 bits per heavy atom. The molecule has 0 fully saturated rings. The fourth-order valence-corrected chi connectivity index (χ4v) is 0.662. The smallest absolute Gasteiger partial charge is 0.147 e. The number of hydrogen-bond acceptors (Lipinski definition) is 2. The van der Waals surface area contributed by atoms with Crippen LogP contribution in [0.5, 0.6) is 0 Å². The van der Waals surface area contributed by atoms with Crippen molar-refractivity contribution < 1.29 is 4.74 Å². The zero-order valence-electron chi connectivity index (χ0n) is 4.42. The molecule has 0 spiro atoms. The van der Waals surface area contributed by atoms with Gasteiger partial charge in [0.15, 0.2) is 0 Å². The van der Waals surface area contributed by atoms with Gasteiger partial charge in [0.1, 0.15) is 6.23 Å². The number of ether oxygens (including phenoxy) is 1. The third kappa shape index (κ3) is 0.996. The van der Waals surface area contributed by atoms with Crippen molar-refractivity contribution >= 4 is 6.21 Å². The van der Waals surface area contributed by atoms with Gasteiger partial charge in [0.2, 0.25) is 0 Å². The fourth-order valence-electron chi connectivity index (χ4n) is 0.662. The molecule has 0 aromatic rings. The Labute approximate surface area is 43.2 Å². The topological polar surface area (TPSA) is 21.6 Å². The summed E-state index contributed by atoms with van der Waals surface area (Å²) in [6.07, 6.45) is 4.23. The van der Waals surface area contributed by atoms with E-state index in [2.05, 4.69) is 4.99 Å². The molecule has 7 heavy (non-hydrogen) atoms. The van der Waals surface area contributed by atoms with Crippen molar-refractivity contribution in [3.05, 3.63) is 0 Å². The lowest BCUT2D eigenvalue weighted by molar-refractivity contribution is 0.112. The number of aliphatic imine (C=N–C) groups is 1. The first kappa shape index (κ1) is 4.78. The summed E-state index contributed by atoms with van der Waals surface area (Å²) in [6.45, 7) is 0. The van der Waals surface area contributed by atoms with Crippen molar-refractivity contribution in [3.63, 3.8) is 0 Å². The molecule has 0 saturated heterocycles. The molecule has 1 heterocycles. The maximum Gasteiger partial charge on any atom is 0.147 e. The fraction of sp³-hybridized carbons (Fsp3) is 0.800. The maximum atomic E-state index is 4.91. The Kier molecular flexibility index (Phi) is 1.42. The minimum absolute atomic E-state index is 0.167. The summed E-state index contributed by atoms with van der Waals surface area (Å²) in [5.41, 5.74) is 0. The van der Waals surface area contributed by atoms with Gasteiger partial charge < -0.3 is 4.74 Å². The molecular formula is C5H9NO. The van der Waals surface area contributed by atoms with Crippen molar-refractivity contribution in [2.24, 2.45) is 4.99 Å². The third-order valence-corrected chi connectivity index (χ3v) is 1.09. The zero-order valence-corrected chi connectivity index (χ0v) is 4.42. The molecule has 2 heteroatoms. The van der Waals surface area contributed by atoms with Crippen LogP contribution in [0.4, 0.5) is 0 Å². The number of hydrogen-bond donors (Lipinski definition) is 0. The summed E-state index contributed by atoms with van der Waals surface area (Å²) in [5.74, 6) is 0. The van der Waals surface area contributed by atoms with Crippen LogP contribution in [0.1, 0.15) is 12.8 Å². The molecule has 0 unspecified atom stereocenters. The minimum Gasteiger partial charge on any atom is -0.360 e. The minimum atomic E-state index is 0.167. The van der Waals surface area contributed by atoms with Crippen LogP contribution in [0.3, 0.4) is 0 Å². The van der Waals surface area contributed by atoms with E-state index in [4.69, 9.17) is 4.74 Å². The molecule has 40 valence electrons. The second kappa shape index (κ2) is 2.07. The van der Waals surface area contributed by atoms with E-state index in [-0.39, 0.29) is 6.23 Å². The zero-order chi connectivity index (χ0) is 5.11. The van der Waals surface area contributed by atoms with E-state index in [0.717, 1.165) is 12.8 Å². The second-order valence-electron chi connectivity index (χ2n) is 1.60. The van der Waals surface area contributed by atoms with E-state index >= 15 is 0 Å². The highest BCUT2D eigenvalue weighted by molar-refractivity contribution is 5.59. The van der Waals surface area contributed by atoms with Crippen molar-refractivity contribution in [2.45, 2.75) is 19.1 Å². The van der Waals surface area contributed by atoms with Crippen molar-refractivity contribution in [3.8, 4) is 0 Å². The number of methoxy groups -OCH3 is 1. The molecule has 1 aliphatic heterocycles. The molecule has 0 amide bonds. The van der Waals surface area contributed by atoms with Gasteiger partial charge in [-0.15, -0.1) is 0 Å². The molecule has 1 rings (SSSR count). The van der Waals surface area contributed by atoms with Crippen LogP contribution >= 0.6 is 0 Å². The van der Waals surface area contributed by atoms with E-state index in [1.54, 1.807) is 7.11 Å². The van der Waals surface area contributed by atoms with Crippen LogP contribution in [0.25, 0.3) is 0 Å². The van der Waals surface area contributed by atoms with E-state index in [9.17, 15) is 0 Å². The Balaban J connectivity index is 2.28.